The summed E-state index contributed by atoms with van der Waals surface area (Å²) in [5.41, 5.74) is 1.74. The number of aromatic amines is 1. The molecule has 0 unspecified atom stereocenters. The lowest BCUT2D eigenvalue weighted by atomic mass is 10.1. The van der Waals surface area contributed by atoms with Gasteiger partial charge in [0.15, 0.2) is 0 Å². The first-order chi connectivity index (χ1) is 15.8. The summed E-state index contributed by atoms with van der Waals surface area (Å²) in [4.78, 5) is 15.6. The third-order valence-corrected chi connectivity index (χ3v) is 7.87. The van der Waals surface area contributed by atoms with E-state index in [1.165, 1.54) is 21.1 Å². The summed E-state index contributed by atoms with van der Waals surface area (Å²) in [7, 11) is -2.01. The van der Waals surface area contributed by atoms with Gasteiger partial charge in [0.25, 0.3) is 5.56 Å². The van der Waals surface area contributed by atoms with Crippen molar-refractivity contribution in [3.63, 3.8) is 0 Å². The maximum absolute atomic E-state index is 12.9. The monoisotopic (exact) mass is 485 g/mol. The Balaban J connectivity index is 1.42. The van der Waals surface area contributed by atoms with Gasteiger partial charge in [0.2, 0.25) is 10.0 Å². The molecule has 1 aliphatic rings. The minimum absolute atomic E-state index is 0.0816. The number of methoxy groups -OCH3 is 1. The number of hydrogen-bond donors (Lipinski definition) is 1. The second-order valence-corrected chi connectivity index (χ2v) is 10.2. The molecule has 0 spiro atoms. The number of fused-ring (bicyclic) bond motifs is 1. The number of halogens is 1. The summed E-state index contributed by atoms with van der Waals surface area (Å²) < 4.78 is 34.0. The van der Waals surface area contributed by atoms with Crippen LogP contribution in [0.1, 0.15) is 6.42 Å². The van der Waals surface area contributed by atoms with Crippen LogP contribution in [0.15, 0.2) is 64.4 Å². The Morgan fingerprint density at radius 2 is 1.94 bits per heavy atom. The predicted octanol–water partition coefficient (Wildman–Crippen LogP) is 2.84. The van der Waals surface area contributed by atoms with E-state index in [-0.39, 0.29) is 16.6 Å². The van der Waals surface area contributed by atoms with Crippen molar-refractivity contribution in [2.45, 2.75) is 17.4 Å². The molecule has 2 aromatic carbocycles. The Morgan fingerprint density at radius 1 is 1.15 bits per heavy atom. The Kier molecular flexibility index (Phi) is 5.53. The van der Waals surface area contributed by atoms with Crippen LogP contribution < -0.4 is 5.56 Å². The lowest BCUT2D eigenvalue weighted by molar-refractivity contribution is 0.115. The zero-order valence-corrected chi connectivity index (χ0v) is 19.2. The van der Waals surface area contributed by atoms with Crippen molar-refractivity contribution >= 4 is 32.5 Å². The number of pyridine rings is 1. The van der Waals surface area contributed by atoms with Crippen molar-refractivity contribution in [3.8, 4) is 16.9 Å². The van der Waals surface area contributed by atoms with Gasteiger partial charge in [-0.2, -0.15) is 4.31 Å². The summed E-state index contributed by atoms with van der Waals surface area (Å²) >= 11 is 6.07. The van der Waals surface area contributed by atoms with Gasteiger partial charge < -0.3 is 9.72 Å². The zero-order chi connectivity index (χ0) is 23.2. The van der Waals surface area contributed by atoms with E-state index in [0.717, 1.165) is 5.39 Å². The highest BCUT2D eigenvalue weighted by atomic mass is 35.5. The SMILES string of the molecule is CO[C@@H]1CCN(S(=O)(=O)c2ccc(-n3cc(-c4cc5cc(Cl)ccc5[nH]c4=O)nn3)cc2)C1. The van der Waals surface area contributed by atoms with Crippen LogP contribution in [0, 0.1) is 0 Å². The Labute approximate surface area is 194 Å². The zero-order valence-electron chi connectivity index (χ0n) is 17.6. The molecule has 0 amide bonds. The van der Waals surface area contributed by atoms with Crippen LogP contribution in [0.4, 0.5) is 0 Å². The van der Waals surface area contributed by atoms with E-state index >= 15 is 0 Å². The van der Waals surface area contributed by atoms with E-state index in [4.69, 9.17) is 16.3 Å². The number of ether oxygens (including phenoxy) is 1. The maximum atomic E-state index is 12.9. The molecule has 0 saturated carbocycles. The van der Waals surface area contributed by atoms with Crippen molar-refractivity contribution in [1.82, 2.24) is 24.3 Å². The summed E-state index contributed by atoms with van der Waals surface area (Å²) in [5.74, 6) is 0. The Hall–Kier alpha value is -3.05. The van der Waals surface area contributed by atoms with E-state index in [0.29, 0.717) is 47.0 Å². The highest BCUT2D eigenvalue weighted by Gasteiger charge is 2.32. The summed E-state index contributed by atoms with van der Waals surface area (Å²) in [6.07, 6.45) is 2.21. The van der Waals surface area contributed by atoms with Crippen LogP contribution in [0.2, 0.25) is 5.02 Å². The highest BCUT2D eigenvalue weighted by Crippen LogP contribution is 2.24. The van der Waals surface area contributed by atoms with Gasteiger partial charge in [-0.15, -0.1) is 5.10 Å². The molecular weight excluding hydrogens is 466 g/mol. The molecule has 1 fully saturated rings. The summed E-state index contributed by atoms with van der Waals surface area (Å²) in [6, 6.07) is 13.3. The second kappa shape index (κ2) is 8.38. The van der Waals surface area contributed by atoms with Gasteiger partial charge in [0.1, 0.15) is 5.69 Å². The Morgan fingerprint density at radius 3 is 2.67 bits per heavy atom. The molecule has 33 heavy (non-hydrogen) atoms. The molecule has 11 heteroatoms. The standard InChI is InChI=1S/C22H20ClN5O4S/c1-32-17-8-9-27(12-17)33(30,31)18-5-3-16(4-6-18)28-13-21(25-26-28)19-11-14-10-15(23)2-7-20(14)24-22(19)29/h2-7,10-11,13,17H,8-9,12H2,1H3,(H,24,29)/t17-/m1/s1. The lowest BCUT2D eigenvalue weighted by Crippen LogP contribution is -2.30. The van der Waals surface area contributed by atoms with Crippen molar-refractivity contribution in [2.75, 3.05) is 20.2 Å². The fraction of sp³-hybridized carbons (Fsp3) is 0.227. The normalized spacial score (nSPS) is 17.1. The highest BCUT2D eigenvalue weighted by molar-refractivity contribution is 7.89. The molecular formula is C22H20ClN5O4S. The Bertz CT molecular complexity index is 1500. The van der Waals surface area contributed by atoms with Gasteiger partial charge >= 0.3 is 0 Å². The molecule has 0 radical (unpaired) electrons. The van der Waals surface area contributed by atoms with Gasteiger partial charge in [0.05, 0.1) is 28.4 Å². The van der Waals surface area contributed by atoms with Crippen molar-refractivity contribution in [3.05, 3.63) is 70.1 Å². The van der Waals surface area contributed by atoms with Gasteiger partial charge in [-0.05, 0) is 55.0 Å². The summed E-state index contributed by atoms with van der Waals surface area (Å²) in [5, 5.41) is 9.57. The molecule has 0 bridgehead atoms. The number of sulfonamides is 1. The average Bonchev–Trinajstić information content (AvgIpc) is 3.49. The van der Waals surface area contributed by atoms with Crippen molar-refractivity contribution < 1.29 is 13.2 Å². The minimum Gasteiger partial charge on any atom is -0.380 e. The fourth-order valence-electron chi connectivity index (χ4n) is 3.91. The number of aromatic nitrogens is 4. The first kappa shape index (κ1) is 21.8. The van der Waals surface area contributed by atoms with E-state index in [9.17, 15) is 13.2 Å². The molecule has 5 rings (SSSR count). The molecule has 1 N–H and O–H groups in total. The number of nitrogens with one attached hydrogen (secondary N) is 1. The number of rotatable bonds is 5. The number of benzene rings is 2. The number of H-pyrrole nitrogens is 1. The maximum Gasteiger partial charge on any atom is 0.258 e. The smallest absolute Gasteiger partial charge is 0.258 e. The van der Waals surface area contributed by atoms with Gasteiger partial charge in [-0.25, -0.2) is 13.1 Å². The molecule has 170 valence electrons. The van der Waals surface area contributed by atoms with Gasteiger partial charge in [-0.3, -0.25) is 4.79 Å². The molecule has 1 saturated heterocycles. The van der Waals surface area contributed by atoms with Crippen molar-refractivity contribution in [2.24, 2.45) is 0 Å². The van der Waals surface area contributed by atoms with E-state index < -0.39 is 10.0 Å². The number of nitrogens with zero attached hydrogens (tertiary/aromatic N) is 4. The van der Waals surface area contributed by atoms with Crippen LogP contribution in [0.5, 0.6) is 0 Å². The minimum atomic E-state index is -3.60. The van der Waals surface area contributed by atoms with Crippen LogP contribution in [-0.2, 0) is 14.8 Å². The molecule has 9 nitrogen and oxygen atoms in total. The first-order valence-corrected chi connectivity index (χ1v) is 12.1. The van der Waals surface area contributed by atoms with E-state index in [1.54, 1.807) is 49.7 Å². The number of hydrogen-bond acceptors (Lipinski definition) is 6. The lowest BCUT2D eigenvalue weighted by Gasteiger charge is -2.16. The summed E-state index contributed by atoms with van der Waals surface area (Å²) in [6.45, 7) is 0.777. The van der Waals surface area contributed by atoms with Crippen LogP contribution in [0.25, 0.3) is 27.8 Å². The third kappa shape index (κ3) is 4.06. The molecule has 2 aromatic heterocycles. The van der Waals surface area contributed by atoms with Crippen LogP contribution in [0.3, 0.4) is 0 Å². The van der Waals surface area contributed by atoms with E-state index in [2.05, 4.69) is 15.3 Å². The average molecular weight is 486 g/mol. The van der Waals surface area contributed by atoms with E-state index in [1.807, 2.05) is 0 Å². The second-order valence-electron chi connectivity index (χ2n) is 7.80. The predicted molar refractivity (Wildman–Crippen MR) is 124 cm³/mol. The van der Waals surface area contributed by atoms with Crippen LogP contribution >= 0.6 is 11.6 Å². The van der Waals surface area contributed by atoms with Crippen molar-refractivity contribution in [1.29, 1.82) is 0 Å². The quantitative estimate of drug-likeness (QED) is 0.465. The van der Waals surface area contributed by atoms with Crippen LogP contribution in [-0.4, -0.2) is 59.0 Å². The third-order valence-electron chi connectivity index (χ3n) is 5.76. The van der Waals surface area contributed by atoms with Gasteiger partial charge in [0, 0.05) is 36.1 Å². The van der Waals surface area contributed by atoms with Gasteiger partial charge in [-0.1, -0.05) is 16.8 Å². The first-order valence-electron chi connectivity index (χ1n) is 10.2. The largest absolute Gasteiger partial charge is 0.380 e. The fourth-order valence-corrected chi connectivity index (χ4v) is 5.58. The molecule has 0 aliphatic carbocycles. The topological polar surface area (TPSA) is 110 Å². The molecule has 4 aromatic rings. The molecule has 1 aliphatic heterocycles. The molecule has 1 atom stereocenters. The molecule has 3 heterocycles.